The van der Waals surface area contributed by atoms with Gasteiger partial charge < -0.3 is 9.67 Å². The number of aromatic hydroxyl groups is 1. The number of aryl methyl sites for hydroxylation is 1. The van der Waals surface area contributed by atoms with E-state index in [1.54, 1.807) is 7.05 Å². The Morgan fingerprint density at radius 3 is 2.65 bits per heavy atom. The van der Waals surface area contributed by atoms with Gasteiger partial charge in [-0.3, -0.25) is 14.9 Å². The Bertz CT molecular complexity index is 642. The van der Waals surface area contributed by atoms with E-state index < -0.39 is 4.92 Å². The van der Waals surface area contributed by atoms with E-state index in [2.05, 4.69) is 0 Å². The molecule has 0 atom stereocenters. The third-order valence-electron chi connectivity index (χ3n) is 2.72. The molecule has 0 spiro atoms. The number of nitrogens with zero attached hydrogens (tertiary/aromatic N) is 2. The minimum atomic E-state index is -0.517. The third-order valence-corrected chi connectivity index (χ3v) is 2.72. The molecule has 0 fully saturated rings. The van der Waals surface area contributed by atoms with Crippen molar-refractivity contribution in [1.29, 1.82) is 0 Å². The van der Waals surface area contributed by atoms with E-state index in [0.29, 0.717) is 10.9 Å². The lowest BCUT2D eigenvalue weighted by Gasteiger charge is -1.96. The fraction of sp³-hybridized carbons (Fsp3) is 0.182. The summed E-state index contributed by atoms with van der Waals surface area (Å²) >= 11 is 0. The van der Waals surface area contributed by atoms with Crippen molar-refractivity contribution in [2.45, 2.75) is 6.92 Å². The molecule has 1 aromatic heterocycles. The number of aromatic nitrogens is 1. The highest BCUT2D eigenvalue weighted by atomic mass is 16.6. The molecule has 2 aromatic rings. The quantitative estimate of drug-likeness (QED) is 0.489. The summed E-state index contributed by atoms with van der Waals surface area (Å²) in [6.45, 7) is 1.34. The van der Waals surface area contributed by atoms with Crippen LogP contribution in [-0.4, -0.2) is 20.4 Å². The Balaban J connectivity index is 2.85. The van der Waals surface area contributed by atoms with Crippen LogP contribution in [0.4, 0.5) is 5.69 Å². The van der Waals surface area contributed by atoms with E-state index in [1.807, 2.05) is 0 Å². The van der Waals surface area contributed by atoms with Crippen LogP contribution in [0, 0.1) is 10.1 Å². The first-order chi connectivity index (χ1) is 7.93. The van der Waals surface area contributed by atoms with E-state index in [0.717, 1.165) is 0 Å². The lowest BCUT2D eigenvalue weighted by atomic mass is 10.1. The van der Waals surface area contributed by atoms with Gasteiger partial charge in [-0.1, -0.05) is 0 Å². The molecule has 0 saturated carbocycles. The molecular weight excluding hydrogens is 224 g/mol. The predicted octanol–water partition coefficient (Wildman–Crippen LogP) is 1.99. The molecule has 1 aromatic carbocycles. The second-order valence-electron chi connectivity index (χ2n) is 3.77. The van der Waals surface area contributed by atoms with Crippen LogP contribution in [0.15, 0.2) is 18.2 Å². The fourth-order valence-corrected chi connectivity index (χ4v) is 1.87. The van der Waals surface area contributed by atoms with Crippen LogP contribution in [-0.2, 0) is 7.05 Å². The molecule has 0 saturated heterocycles. The Kier molecular flexibility index (Phi) is 2.35. The van der Waals surface area contributed by atoms with Gasteiger partial charge in [-0.2, -0.15) is 0 Å². The molecule has 88 valence electrons. The Labute approximate surface area is 96.2 Å². The summed E-state index contributed by atoms with van der Waals surface area (Å²) in [5, 5.41) is 21.0. The number of non-ortho nitro benzene ring substituents is 1. The summed E-state index contributed by atoms with van der Waals surface area (Å²) in [5.74, 6) is -0.449. The summed E-state index contributed by atoms with van der Waals surface area (Å²) in [7, 11) is 1.55. The van der Waals surface area contributed by atoms with Crippen LogP contribution in [0.1, 0.15) is 17.3 Å². The highest BCUT2D eigenvalue weighted by Crippen LogP contribution is 2.32. The highest BCUT2D eigenvalue weighted by molar-refractivity contribution is 6.09. The van der Waals surface area contributed by atoms with E-state index in [9.17, 15) is 20.0 Å². The van der Waals surface area contributed by atoms with Crippen molar-refractivity contribution in [3.8, 4) is 5.88 Å². The van der Waals surface area contributed by atoms with Gasteiger partial charge in [-0.15, -0.1) is 0 Å². The number of nitro benzene ring substituents is 1. The van der Waals surface area contributed by atoms with Gasteiger partial charge >= 0.3 is 0 Å². The van der Waals surface area contributed by atoms with Crippen LogP contribution in [0.25, 0.3) is 10.9 Å². The molecular formula is C11H10N2O4. The smallest absolute Gasteiger partial charge is 0.271 e. The van der Waals surface area contributed by atoms with E-state index in [4.69, 9.17) is 0 Å². The number of hydrogen-bond acceptors (Lipinski definition) is 4. The molecule has 1 heterocycles. The Morgan fingerprint density at radius 2 is 2.12 bits per heavy atom. The molecule has 0 aliphatic rings. The molecule has 0 bridgehead atoms. The molecule has 2 rings (SSSR count). The van der Waals surface area contributed by atoms with Gasteiger partial charge in [0.2, 0.25) is 5.88 Å². The second kappa shape index (κ2) is 3.58. The summed E-state index contributed by atoms with van der Waals surface area (Å²) in [6, 6.07) is 4.12. The summed E-state index contributed by atoms with van der Waals surface area (Å²) in [6.07, 6.45) is 0. The zero-order valence-electron chi connectivity index (χ0n) is 9.30. The maximum Gasteiger partial charge on any atom is 0.271 e. The number of benzene rings is 1. The van der Waals surface area contributed by atoms with Gasteiger partial charge in [0.25, 0.3) is 5.69 Å². The Hall–Kier alpha value is -2.37. The van der Waals surface area contributed by atoms with E-state index in [1.165, 1.54) is 29.7 Å². The van der Waals surface area contributed by atoms with Crippen molar-refractivity contribution < 1.29 is 14.8 Å². The van der Waals surface area contributed by atoms with Crippen LogP contribution >= 0.6 is 0 Å². The van der Waals surface area contributed by atoms with Gasteiger partial charge in [-0.25, -0.2) is 0 Å². The van der Waals surface area contributed by atoms with Crippen LogP contribution in [0.2, 0.25) is 0 Å². The van der Waals surface area contributed by atoms with Crippen molar-refractivity contribution >= 4 is 22.4 Å². The molecule has 1 N–H and O–H groups in total. The second-order valence-corrected chi connectivity index (χ2v) is 3.77. The monoisotopic (exact) mass is 234 g/mol. The van der Waals surface area contributed by atoms with Gasteiger partial charge in [-0.05, 0) is 13.0 Å². The van der Waals surface area contributed by atoms with Crippen molar-refractivity contribution in [3.05, 3.63) is 33.9 Å². The maximum absolute atomic E-state index is 11.4. The fourth-order valence-electron chi connectivity index (χ4n) is 1.87. The third kappa shape index (κ3) is 1.54. The van der Waals surface area contributed by atoms with Crippen LogP contribution in [0.3, 0.4) is 0 Å². The van der Waals surface area contributed by atoms with Crippen molar-refractivity contribution in [3.63, 3.8) is 0 Å². The number of carbonyl (C=O) groups excluding carboxylic acids is 1. The first-order valence-electron chi connectivity index (χ1n) is 4.90. The highest BCUT2D eigenvalue weighted by Gasteiger charge is 2.19. The summed E-state index contributed by atoms with van der Waals surface area (Å²) in [4.78, 5) is 21.5. The number of hydrogen-bond donors (Lipinski definition) is 1. The normalized spacial score (nSPS) is 10.7. The Morgan fingerprint density at radius 1 is 1.47 bits per heavy atom. The molecule has 17 heavy (non-hydrogen) atoms. The van der Waals surface area contributed by atoms with Crippen molar-refractivity contribution in [2.24, 2.45) is 7.05 Å². The largest absolute Gasteiger partial charge is 0.494 e. The summed E-state index contributed by atoms with van der Waals surface area (Å²) in [5.41, 5.74) is 0.576. The maximum atomic E-state index is 11.4. The topological polar surface area (TPSA) is 85.4 Å². The lowest BCUT2D eigenvalue weighted by molar-refractivity contribution is -0.384. The molecule has 6 heteroatoms. The average molecular weight is 234 g/mol. The van der Waals surface area contributed by atoms with Crippen LogP contribution in [0.5, 0.6) is 5.88 Å². The zero-order valence-corrected chi connectivity index (χ0v) is 9.30. The number of fused-ring (bicyclic) bond motifs is 1. The molecule has 0 aliphatic carbocycles. The molecule has 6 nitrogen and oxygen atoms in total. The first-order valence-corrected chi connectivity index (χ1v) is 4.90. The molecule has 0 radical (unpaired) electrons. The van der Waals surface area contributed by atoms with Gasteiger partial charge in [0.1, 0.15) is 0 Å². The van der Waals surface area contributed by atoms with Crippen LogP contribution < -0.4 is 0 Å². The molecule has 0 aliphatic heterocycles. The molecule has 0 unspecified atom stereocenters. The van der Waals surface area contributed by atoms with Crippen molar-refractivity contribution in [1.82, 2.24) is 4.57 Å². The predicted molar refractivity (Wildman–Crippen MR) is 61.2 cm³/mol. The van der Waals surface area contributed by atoms with Gasteiger partial charge in [0.15, 0.2) is 5.78 Å². The minimum absolute atomic E-state index is 0.0757. The zero-order chi connectivity index (χ0) is 12.7. The number of carbonyl (C=O) groups is 1. The lowest BCUT2D eigenvalue weighted by Crippen LogP contribution is -1.91. The SMILES string of the molecule is CC(=O)c1c(O)n(C)c2cc([N+](=O)[O-])ccc12. The van der Waals surface area contributed by atoms with E-state index >= 15 is 0 Å². The van der Waals surface area contributed by atoms with Crippen molar-refractivity contribution in [2.75, 3.05) is 0 Å². The first kappa shape index (κ1) is 11.1. The average Bonchev–Trinajstić information content (AvgIpc) is 2.51. The van der Waals surface area contributed by atoms with Gasteiger partial charge in [0, 0.05) is 24.6 Å². The number of rotatable bonds is 2. The van der Waals surface area contributed by atoms with Gasteiger partial charge in [0.05, 0.1) is 16.0 Å². The van der Waals surface area contributed by atoms with E-state index in [-0.39, 0.29) is 22.9 Å². The summed E-state index contributed by atoms with van der Waals surface area (Å²) < 4.78 is 1.36. The standard InChI is InChI=1S/C11H10N2O4/c1-6(14)10-8-4-3-7(13(16)17)5-9(8)12(2)11(10)15/h3-5,15H,1-2H3. The number of Topliss-reactive ketones (excluding diaryl/α,β-unsaturated/α-hetero) is 1. The molecule has 0 amide bonds. The minimum Gasteiger partial charge on any atom is -0.494 e. The number of ketones is 1. The number of nitro groups is 1.